The van der Waals surface area contributed by atoms with Crippen molar-refractivity contribution in [3.8, 4) is 5.75 Å². The monoisotopic (exact) mass is 220 g/mol. The molecule has 1 aromatic rings. The van der Waals surface area contributed by atoms with Gasteiger partial charge in [-0.1, -0.05) is 13.8 Å². The summed E-state index contributed by atoms with van der Waals surface area (Å²) >= 11 is 0. The highest BCUT2D eigenvalue weighted by Crippen LogP contribution is 2.09. The molecule has 0 fully saturated rings. The van der Waals surface area contributed by atoms with Gasteiger partial charge in [0.25, 0.3) is 0 Å². The van der Waals surface area contributed by atoms with Crippen molar-refractivity contribution >= 4 is 12.2 Å². The van der Waals surface area contributed by atoms with Gasteiger partial charge in [0.05, 0.1) is 12.0 Å². The first-order chi connectivity index (χ1) is 7.50. The van der Waals surface area contributed by atoms with Gasteiger partial charge in [-0.2, -0.15) is 0 Å². The van der Waals surface area contributed by atoms with E-state index in [1.165, 1.54) is 18.3 Å². The highest BCUT2D eigenvalue weighted by Gasteiger charge is 2.11. The van der Waals surface area contributed by atoms with Crippen molar-refractivity contribution in [1.29, 1.82) is 0 Å². The number of carbonyl (C=O) groups is 1. The molecule has 1 unspecified atom stereocenters. The molecule has 0 amide bonds. The van der Waals surface area contributed by atoms with E-state index in [1.54, 1.807) is 26.0 Å². The zero-order valence-corrected chi connectivity index (χ0v) is 9.25. The number of hydrogen-bond acceptors (Lipinski definition) is 4. The van der Waals surface area contributed by atoms with Crippen LogP contribution in [0.3, 0.4) is 0 Å². The summed E-state index contributed by atoms with van der Waals surface area (Å²) in [7, 11) is 0. The molecule has 0 saturated carbocycles. The van der Waals surface area contributed by atoms with Gasteiger partial charge in [-0.05, 0) is 35.7 Å². The molecule has 0 aliphatic heterocycles. The molecule has 0 aliphatic carbocycles. The van der Waals surface area contributed by atoms with Crippen LogP contribution >= 0.6 is 0 Å². The van der Waals surface area contributed by atoms with E-state index in [1.807, 2.05) is 0 Å². The lowest BCUT2D eigenvalue weighted by Crippen LogP contribution is -2.37. The molecule has 0 heterocycles. The minimum absolute atomic E-state index is 0.113. The first-order valence-electron chi connectivity index (χ1n) is 5.04. The summed E-state index contributed by atoms with van der Waals surface area (Å²) in [5.41, 5.74) is 0.740. The number of aliphatic carboxylic acids is 1. The highest BCUT2D eigenvalue weighted by molar-refractivity contribution is 5.83. The van der Waals surface area contributed by atoms with Gasteiger partial charge in [0.15, 0.2) is 0 Å². The Morgan fingerprint density at radius 1 is 1.38 bits per heavy atom. The Morgan fingerprint density at radius 3 is 2.38 bits per heavy atom. The van der Waals surface area contributed by atoms with Crippen molar-refractivity contribution in [3.05, 3.63) is 29.8 Å². The smallest absolute Gasteiger partial charge is 0.115 e. The van der Waals surface area contributed by atoms with Crippen molar-refractivity contribution in [3.63, 3.8) is 0 Å². The molecule has 16 heavy (non-hydrogen) atoms. The zero-order valence-electron chi connectivity index (χ0n) is 9.25. The second-order valence-corrected chi connectivity index (χ2v) is 3.88. The van der Waals surface area contributed by atoms with Crippen LogP contribution in [0.2, 0.25) is 0 Å². The average molecular weight is 220 g/mol. The standard InChI is InChI=1S/C12H15NO3/c1-8(2)11(12(15)16)13-7-9-3-5-10(14)6-4-9/h3-8,11,14H,1-2H3,(H,15,16)/p-1. The molecule has 1 N–H and O–H groups in total. The molecule has 86 valence electrons. The molecule has 1 atom stereocenters. The summed E-state index contributed by atoms with van der Waals surface area (Å²) in [6.45, 7) is 3.54. The molecule has 0 radical (unpaired) electrons. The highest BCUT2D eigenvalue weighted by atomic mass is 16.4. The zero-order chi connectivity index (χ0) is 12.1. The van der Waals surface area contributed by atoms with E-state index in [4.69, 9.17) is 5.11 Å². The van der Waals surface area contributed by atoms with Crippen LogP contribution < -0.4 is 5.11 Å². The Balaban J connectivity index is 2.78. The lowest BCUT2D eigenvalue weighted by molar-refractivity contribution is -0.308. The third kappa shape index (κ3) is 3.38. The average Bonchev–Trinajstić information content (AvgIpc) is 2.20. The largest absolute Gasteiger partial charge is 0.548 e. The van der Waals surface area contributed by atoms with Crippen molar-refractivity contribution in [2.45, 2.75) is 19.9 Å². The van der Waals surface area contributed by atoms with Crippen LogP contribution in [0.5, 0.6) is 5.75 Å². The number of phenols is 1. The maximum Gasteiger partial charge on any atom is 0.115 e. The van der Waals surface area contributed by atoms with E-state index in [0.29, 0.717) is 0 Å². The fourth-order valence-electron chi connectivity index (χ4n) is 1.23. The van der Waals surface area contributed by atoms with Gasteiger partial charge < -0.3 is 15.0 Å². The number of nitrogens with zero attached hydrogens (tertiary/aromatic N) is 1. The van der Waals surface area contributed by atoms with Crippen molar-refractivity contribution in [2.75, 3.05) is 0 Å². The second kappa shape index (κ2) is 5.30. The lowest BCUT2D eigenvalue weighted by atomic mass is 10.1. The van der Waals surface area contributed by atoms with Gasteiger partial charge in [-0.25, -0.2) is 0 Å². The second-order valence-electron chi connectivity index (χ2n) is 3.88. The van der Waals surface area contributed by atoms with Crippen LogP contribution in [0.15, 0.2) is 29.3 Å². The summed E-state index contributed by atoms with van der Waals surface area (Å²) < 4.78 is 0. The van der Waals surface area contributed by atoms with Gasteiger partial charge in [0, 0.05) is 6.21 Å². The molecule has 0 saturated heterocycles. The molecule has 1 rings (SSSR count). The number of benzene rings is 1. The predicted molar refractivity (Wildman–Crippen MR) is 59.3 cm³/mol. The van der Waals surface area contributed by atoms with Crippen LogP contribution in [-0.2, 0) is 4.79 Å². The van der Waals surface area contributed by atoms with Gasteiger partial charge in [0.2, 0.25) is 0 Å². The molecule has 0 aromatic heterocycles. The predicted octanol–water partition coefficient (Wildman–Crippen LogP) is 0.586. The van der Waals surface area contributed by atoms with Crippen molar-refractivity contribution in [1.82, 2.24) is 0 Å². The molecule has 0 spiro atoms. The molecule has 4 heteroatoms. The van der Waals surface area contributed by atoms with E-state index in [2.05, 4.69) is 4.99 Å². The van der Waals surface area contributed by atoms with Crippen molar-refractivity contribution in [2.24, 2.45) is 10.9 Å². The number of rotatable bonds is 4. The summed E-state index contributed by atoms with van der Waals surface area (Å²) in [6, 6.07) is 5.51. The molecule has 1 aromatic carbocycles. The first-order valence-corrected chi connectivity index (χ1v) is 5.04. The van der Waals surface area contributed by atoms with Crippen LogP contribution in [0, 0.1) is 5.92 Å². The van der Waals surface area contributed by atoms with Crippen LogP contribution in [0.4, 0.5) is 0 Å². The number of carboxylic acid groups (broad SMARTS) is 1. The summed E-state index contributed by atoms with van der Waals surface area (Å²) in [5, 5.41) is 19.8. The molecule has 4 nitrogen and oxygen atoms in total. The Morgan fingerprint density at radius 2 is 1.94 bits per heavy atom. The molecular formula is C12H14NO3-. The Hall–Kier alpha value is -1.84. The third-order valence-electron chi connectivity index (χ3n) is 2.15. The number of aromatic hydroxyl groups is 1. The fourth-order valence-corrected chi connectivity index (χ4v) is 1.23. The molecule has 0 aliphatic rings. The van der Waals surface area contributed by atoms with E-state index in [0.717, 1.165) is 5.56 Å². The Kier molecular flexibility index (Phi) is 4.05. The number of aliphatic imine (C=N–C) groups is 1. The van der Waals surface area contributed by atoms with E-state index >= 15 is 0 Å². The summed E-state index contributed by atoms with van der Waals surface area (Å²) in [6.07, 6.45) is 1.47. The topological polar surface area (TPSA) is 72.7 Å². The van der Waals surface area contributed by atoms with Gasteiger partial charge in [-0.3, -0.25) is 4.99 Å². The number of carbonyl (C=O) groups excluding carboxylic acids is 1. The number of carboxylic acids is 1. The van der Waals surface area contributed by atoms with Crippen LogP contribution in [-0.4, -0.2) is 23.3 Å². The quantitative estimate of drug-likeness (QED) is 0.754. The van der Waals surface area contributed by atoms with E-state index < -0.39 is 12.0 Å². The summed E-state index contributed by atoms with van der Waals surface area (Å²) in [4.78, 5) is 14.7. The van der Waals surface area contributed by atoms with Gasteiger partial charge in [0.1, 0.15) is 5.75 Å². The normalized spacial score (nSPS) is 13.2. The lowest BCUT2D eigenvalue weighted by Gasteiger charge is -2.16. The van der Waals surface area contributed by atoms with Gasteiger partial charge >= 0.3 is 0 Å². The SMILES string of the molecule is CC(C)C(N=Cc1ccc(O)cc1)C(=O)[O-]. The first kappa shape index (κ1) is 12.2. The molecular weight excluding hydrogens is 206 g/mol. The van der Waals surface area contributed by atoms with E-state index in [9.17, 15) is 9.90 Å². The number of hydrogen-bond donors (Lipinski definition) is 1. The fraction of sp³-hybridized carbons (Fsp3) is 0.333. The maximum absolute atomic E-state index is 10.8. The third-order valence-corrected chi connectivity index (χ3v) is 2.15. The maximum atomic E-state index is 10.8. The van der Waals surface area contributed by atoms with Gasteiger partial charge in [-0.15, -0.1) is 0 Å². The van der Waals surface area contributed by atoms with Crippen LogP contribution in [0.1, 0.15) is 19.4 Å². The van der Waals surface area contributed by atoms with Crippen molar-refractivity contribution < 1.29 is 15.0 Å². The van der Waals surface area contributed by atoms with Crippen LogP contribution in [0.25, 0.3) is 0 Å². The number of phenolic OH excluding ortho intramolecular Hbond substituents is 1. The molecule has 0 bridgehead atoms. The Labute approximate surface area is 94.3 Å². The summed E-state index contributed by atoms with van der Waals surface area (Å²) in [5.74, 6) is -1.12. The minimum Gasteiger partial charge on any atom is -0.548 e. The Bertz CT molecular complexity index is 382. The minimum atomic E-state index is -1.18. The van der Waals surface area contributed by atoms with E-state index in [-0.39, 0.29) is 11.7 Å².